The number of hydrogen-bond donors (Lipinski definition) is 0. The molecule has 3 rings (SSSR count). The first-order valence-electron chi connectivity index (χ1n) is 5.87. The third-order valence-electron chi connectivity index (χ3n) is 2.78. The molecule has 87 valence electrons. The molecule has 0 fully saturated rings. The molecule has 2 aromatic rings. The molecular formula is C15H17NY-2. The fourth-order valence-electron chi connectivity index (χ4n) is 2.10. The standard InChI is InChI=1S/C12H10N.C3H7.Y/c1-2-9-6-11-4-5-13-8-12(11)7-10(9)3-1;1-3-2;/h4-7H,1-3H2;3H,1-2H3;/q2*-1;. The fraction of sp³-hybridized carbons (Fsp3) is 0.333. The summed E-state index contributed by atoms with van der Waals surface area (Å²) in [7, 11) is 0. The van der Waals surface area contributed by atoms with Gasteiger partial charge in [-0.15, -0.1) is 22.9 Å². The molecule has 1 aliphatic rings. The van der Waals surface area contributed by atoms with Gasteiger partial charge in [0.05, 0.1) is 0 Å². The molecule has 1 aromatic heterocycles. The van der Waals surface area contributed by atoms with E-state index in [0.29, 0.717) is 0 Å². The Hall–Kier alpha value is -0.266. The predicted molar refractivity (Wildman–Crippen MR) is 68.3 cm³/mol. The molecule has 0 bridgehead atoms. The van der Waals surface area contributed by atoms with Crippen molar-refractivity contribution in [2.75, 3.05) is 0 Å². The van der Waals surface area contributed by atoms with Crippen LogP contribution >= 0.6 is 0 Å². The van der Waals surface area contributed by atoms with E-state index in [9.17, 15) is 0 Å². The van der Waals surface area contributed by atoms with Crippen LogP contribution in [0.15, 0.2) is 24.4 Å². The molecule has 0 amide bonds. The van der Waals surface area contributed by atoms with Crippen molar-refractivity contribution in [3.8, 4) is 0 Å². The van der Waals surface area contributed by atoms with Crippen molar-refractivity contribution in [3.05, 3.63) is 48.1 Å². The summed E-state index contributed by atoms with van der Waals surface area (Å²) in [4.78, 5) is 4.01. The van der Waals surface area contributed by atoms with E-state index in [1.165, 1.54) is 35.8 Å². The zero-order valence-electron chi connectivity index (χ0n) is 10.5. The first-order valence-corrected chi connectivity index (χ1v) is 5.87. The number of benzene rings is 1. The smallest absolute Gasteiger partial charge is 0 e. The van der Waals surface area contributed by atoms with Crippen LogP contribution < -0.4 is 0 Å². The topological polar surface area (TPSA) is 12.9 Å². The Labute approximate surface area is 129 Å². The SMILES string of the molecule is C[CH-]C.[Y].[c-]1nccc2cc3c(cc12)CCC3. The second-order valence-electron chi connectivity index (χ2n) is 4.20. The number of aromatic nitrogens is 1. The maximum atomic E-state index is 4.01. The quantitative estimate of drug-likeness (QED) is 0.675. The Kier molecular flexibility index (Phi) is 6.29. The molecule has 0 saturated carbocycles. The minimum absolute atomic E-state index is 0. The van der Waals surface area contributed by atoms with Gasteiger partial charge in [0.15, 0.2) is 0 Å². The third kappa shape index (κ3) is 3.59. The number of pyridine rings is 1. The van der Waals surface area contributed by atoms with Crippen LogP contribution in [0.1, 0.15) is 31.4 Å². The normalized spacial score (nSPS) is 12.4. The van der Waals surface area contributed by atoms with Crippen LogP contribution in [0.5, 0.6) is 0 Å². The number of nitrogens with zero attached hydrogens (tertiary/aromatic N) is 1. The van der Waals surface area contributed by atoms with Crippen LogP contribution in [0.25, 0.3) is 10.8 Å². The van der Waals surface area contributed by atoms with Crippen LogP contribution in [-0.2, 0) is 45.6 Å². The number of rotatable bonds is 0. The molecular weight excluding hydrogens is 283 g/mol. The molecule has 1 aromatic carbocycles. The van der Waals surface area contributed by atoms with E-state index in [-0.39, 0.29) is 32.7 Å². The van der Waals surface area contributed by atoms with Gasteiger partial charge in [-0.2, -0.15) is 13.8 Å². The minimum atomic E-state index is 0. The van der Waals surface area contributed by atoms with Gasteiger partial charge in [-0.1, -0.05) is 23.4 Å². The molecule has 0 N–H and O–H groups in total. The molecule has 17 heavy (non-hydrogen) atoms. The first kappa shape index (κ1) is 14.8. The molecule has 0 atom stereocenters. The van der Waals surface area contributed by atoms with Crippen molar-refractivity contribution in [1.82, 2.24) is 4.98 Å². The van der Waals surface area contributed by atoms with Crippen molar-refractivity contribution < 1.29 is 32.7 Å². The molecule has 1 radical (unpaired) electrons. The van der Waals surface area contributed by atoms with E-state index < -0.39 is 0 Å². The Balaban J connectivity index is 0.000000331. The average Bonchev–Trinajstić information content (AvgIpc) is 2.74. The molecule has 0 aliphatic heterocycles. The van der Waals surface area contributed by atoms with Crippen molar-refractivity contribution in [2.45, 2.75) is 33.1 Å². The van der Waals surface area contributed by atoms with E-state index in [2.05, 4.69) is 29.4 Å². The van der Waals surface area contributed by atoms with Gasteiger partial charge in [-0.3, -0.25) is 0 Å². The zero-order chi connectivity index (χ0) is 11.4. The summed E-state index contributed by atoms with van der Waals surface area (Å²) in [5, 5.41) is 2.43. The maximum Gasteiger partial charge on any atom is 0 e. The summed E-state index contributed by atoms with van der Waals surface area (Å²) < 4.78 is 0. The molecule has 1 aliphatic carbocycles. The maximum absolute atomic E-state index is 4.01. The Morgan fingerprint density at radius 3 is 2.53 bits per heavy atom. The molecule has 0 unspecified atom stereocenters. The minimum Gasteiger partial charge on any atom is -0.360 e. The summed E-state index contributed by atoms with van der Waals surface area (Å²) >= 11 is 0. The molecule has 0 spiro atoms. The number of hydrogen-bond acceptors (Lipinski definition) is 1. The zero-order valence-corrected chi connectivity index (χ0v) is 13.4. The number of aryl methyl sites for hydroxylation is 2. The van der Waals surface area contributed by atoms with Gasteiger partial charge in [0.2, 0.25) is 0 Å². The van der Waals surface area contributed by atoms with Gasteiger partial charge in [0, 0.05) is 32.7 Å². The van der Waals surface area contributed by atoms with Crippen LogP contribution in [0.4, 0.5) is 0 Å². The van der Waals surface area contributed by atoms with Gasteiger partial charge >= 0.3 is 0 Å². The molecule has 1 heterocycles. The second kappa shape index (κ2) is 7.23. The van der Waals surface area contributed by atoms with E-state index >= 15 is 0 Å². The van der Waals surface area contributed by atoms with Crippen molar-refractivity contribution >= 4 is 10.8 Å². The van der Waals surface area contributed by atoms with Gasteiger partial charge in [0.25, 0.3) is 0 Å². The van der Waals surface area contributed by atoms with Crippen LogP contribution in [0, 0.1) is 12.6 Å². The summed E-state index contributed by atoms with van der Waals surface area (Å²) in [6.07, 6.45) is 10.6. The van der Waals surface area contributed by atoms with Crippen molar-refractivity contribution in [1.29, 1.82) is 0 Å². The number of fused-ring (bicyclic) bond motifs is 2. The molecule has 0 saturated heterocycles. The monoisotopic (exact) mass is 300 g/mol. The van der Waals surface area contributed by atoms with Crippen LogP contribution in [-0.4, -0.2) is 4.98 Å². The molecule has 2 heteroatoms. The van der Waals surface area contributed by atoms with Gasteiger partial charge in [-0.25, -0.2) is 0 Å². The molecule has 1 nitrogen and oxygen atoms in total. The summed E-state index contributed by atoms with van der Waals surface area (Å²) in [6.45, 7) is 4.00. The van der Waals surface area contributed by atoms with Crippen molar-refractivity contribution in [2.24, 2.45) is 0 Å². The van der Waals surface area contributed by atoms with E-state index in [1.807, 2.05) is 26.5 Å². The van der Waals surface area contributed by atoms with Crippen LogP contribution in [0.3, 0.4) is 0 Å². The summed E-state index contributed by atoms with van der Waals surface area (Å²) in [6, 6.07) is 6.59. The second-order valence-corrected chi connectivity index (χ2v) is 4.20. The Bertz CT molecular complexity index is 437. The average molecular weight is 300 g/mol. The summed E-state index contributed by atoms with van der Waals surface area (Å²) in [5.41, 5.74) is 3.02. The summed E-state index contributed by atoms with van der Waals surface area (Å²) in [5.74, 6) is 0. The third-order valence-corrected chi connectivity index (χ3v) is 2.78. The predicted octanol–water partition coefficient (Wildman–Crippen LogP) is 3.75. The van der Waals surface area contributed by atoms with Gasteiger partial charge in [-0.05, 0) is 25.5 Å². The largest absolute Gasteiger partial charge is 0.360 e. The van der Waals surface area contributed by atoms with Crippen molar-refractivity contribution in [3.63, 3.8) is 0 Å². The van der Waals surface area contributed by atoms with E-state index in [0.717, 1.165) is 5.39 Å². The van der Waals surface area contributed by atoms with E-state index in [4.69, 9.17) is 0 Å². The Morgan fingerprint density at radius 1 is 1.18 bits per heavy atom. The first-order chi connectivity index (χ1) is 7.85. The van der Waals surface area contributed by atoms with Crippen LogP contribution in [0.2, 0.25) is 0 Å². The van der Waals surface area contributed by atoms with E-state index in [1.54, 1.807) is 0 Å². The Morgan fingerprint density at radius 2 is 1.82 bits per heavy atom. The fourth-order valence-corrected chi connectivity index (χ4v) is 2.10. The van der Waals surface area contributed by atoms with Gasteiger partial charge < -0.3 is 11.4 Å². The van der Waals surface area contributed by atoms with Gasteiger partial charge in [0.1, 0.15) is 0 Å².